The molecular formula is C13H23N3O3S. The molecule has 0 aliphatic rings. The predicted octanol–water partition coefficient (Wildman–Crippen LogP) is 0.585. The maximum atomic E-state index is 12.2. The minimum Gasteiger partial charge on any atom is -0.383 e. The standard InChI is InChI=1S/C13H23N3O3S/c1-16(2)20(17,18)13-7-5-4-6-12(13)15-9-8-14-10-11-19-3/h4-7,14-15H,8-11H2,1-3H3. The number of ether oxygens (including phenoxy) is 1. The molecule has 20 heavy (non-hydrogen) atoms. The van der Waals surface area contributed by atoms with Crippen LogP contribution in [0.2, 0.25) is 0 Å². The first-order valence-corrected chi connectivity index (χ1v) is 7.89. The SMILES string of the molecule is COCCNCCNc1ccccc1S(=O)(=O)N(C)C. The third-order valence-corrected chi connectivity index (χ3v) is 4.62. The molecule has 0 aromatic heterocycles. The van der Waals surface area contributed by atoms with Crippen LogP contribution in [0.5, 0.6) is 0 Å². The fraction of sp³-hybridized carbons (Fsp3) is 0.538. The summed E-state index contributed by atoms with van der Waals surface area (Å²) in [6.45, 7) is 2.81. The Morgan fingerprint density at radius 1 is 1.15 bits per heavy atom. The van der Waals surface area contributed by atoms with Crippen molar-refractivity contribution in [3.8, 4) is 0 Å². The number of para-hydroxylation sites is 1. The van der Waals surface area contributed by atoms with Gasteiger partial charge in [0.1, 0.15) is 4.90 Å². The summed E-state index contributed by atoms with van der Waals surface area (Å²) in [6.07, 6.45) is 0. The molecule has 0 fully saturated rings. The normalized spacial score (nSPS) is 11.8. The lowest BCUT2D eigenvalue weighted by atomic mass is 10.3. The summed E-state index contributed by atoms with van der Waals surface area (Å²) in [6, 6.07) is 6.91. The van der Waals surface area contributed by atoms with Crippen LogP contribution in [0.15, 0.2) is 29.2 Å². The average Bonchev–Trinajstić information content (AvgIpc) is 2.43. The van der Waals surface area contributed by atoms with E-state index in [1.807, 2.05) is 6.07 Å². The Bertz CT molecular complexity index is 503. The van der Waals surface area contributed by atoms with Gasteiger partial charge in [0, 0.05) is 40.8 Å². The van der Waals surface area contributed by atoms with Gasteiger partial charge in [0.2, 0.25) is 10.0 Å². The van der Waals surface area contributed by atoms with Crippen LogP contribution in [-0.4, -0.2) is 60.2 Å². The zero-order chi connectivity index (χ0) is 15.0. The first-order chi connectivity index (χ1) is 9.50. The lowest BCUT2D eigenvalue weighted by molar-refractivity contribution is 0.200. The van der Waals surface area contributed by atoms with Crippen molar-refractivity contribution in [3.05, 3.63) is 24.3 Å². The predicted molar refractivity (Wildman–Crippen MR) is 80.6 cm³/mol. The van der Waals surface area contributed by atoms with E-state index >= 15 is 0 Å². The summed E-state index contributed by atoms with van der Waals surface area (Å²) >= 11 is 0. The van der Waals surface area contributed by atoms with Gasteiger partial charge in [-0.25, -0.2) is 12.7 Å². The van der Waals surface area contributed by atoms with Crippen molar-refractivity contribution in [1.29, 1.82) is 0 Å². The molecule has 0 spiro atoms. The summed E-state index contributed by atoms with van der Waals surface area (Å²) in [7, 11) is 1.28. The Morgan fingerprint density at radius 3 is 2.50 bits per heavy atom. The molecule has 0 saturated heterocycles. The molecule has 0 radical (unpaired) electrons. The molecule has 0 aliphatic heterocycles. The summed E-state index contributed by atoms with van der Waals surface area (Å²) in [5.74, 6) is 0. The molecule has 0 bridgehead atoms. The van der Waals surface area contributed by atoms with Gasteiger partial charge in [0.05, 0.1) is 12.3 Å². The van der Waals surface area contributed by atoms with E-state index < -0.39 is 10.0 Å². The fourth-order valence-corrected chi connectivity index (χ4v) is 2.68. The summed E-state index contributed by atoms with van der Waals surface area (Å²) in [5, 5.41) is 6.33. The van der Waals surface area contributed by atoms with Crippen LogP contribution in [0.4, 0.5) is 5.69 Å². The number of nitrogens with one attached hydrogen (secondary N) is 2. The van der Waals surface area contributed by atoms with Crippen molar-refractivity contribution >= 4 is 15.7 Å². The Balaban J connectivity index is 2.63. The highest BCUT2D eigenvalue weighted by Gasteiger charge is 2.20. The molecule has 6 nitrogen and oxygen atoms in total. The van der Waals surface area contributed by atoms with Crippen molar-refractivity contribution in [3.63, 3.8) is 0 Å². The van der Waals surface area contributed by atoms with Gasteiger partial charge in [-0.05, 0) is 12.1 Å². The van der Waals surface area contributed by atoms with Gasteiger partial charge in [0.25, 0.3) is 0 Å². The molecule has 2 N–H and O–H groups in total. The first-order valence-electron chi connectivity index (χ1n) is 6.45. The minimum atomic E-state index is -3.43. The molecule has 0 atom stereocenters. The van der Waals surface area contributed by atoms with Crippen LogP contribution in [-0.2, 0) is 14.8 Å². The average molecular weight is 301 g/mol. The second-order valence-electron chi connectivity index (χ2n) is 4.45. The maximum Gasteiger partial charge on any atom is 0.244 e. The van der Waals surface area contributed by atoms with Gasteiger partial charge in [-0.2, -0.15) is 0 Å². The minimum absolute atomic E-state index is 0.293. The van der Waals surface area contributed by atoms with E-state index in [1.54, 1.807) is 25.3 Å². The Hall–Kier alpha value is -1.15. The second kappa shape index (κ2) is 8.21. The van der Waals surface area contributed by atoms with E-state index in [2.05, 4.69) is 10.6 Å². The monoisotopic (exact) mass is 301 g/mol. The Kier molecular flexibility index (Phi) is 6.94. The van der Waals surface area contributed by atoms with Gasteiger partial charge in [-0.15, -0.1) is 0 Å². The summed E-state index contributed by atoms with van der Waals surface area (Å²) < 4.78 is 30.5. The molecule has 0 amide bonds. The van der Waals surface area contributed by atoms with Crippen LogP contribution in [0.25, 0.3) is 0 Å². The van der Waals surface area contributed by atoms with Gasteiger partial charge >= 0.3 is 0 Å². The first kappa shape index (κ1) is 16.9. The number of methoxy groups -OCH3 is 1. The van der Waals surface area contributed by atoms with Gasteiger partial charge < -0.3 is 15.4 Å². The molecule has 1 rings (SSSR count). The maximum absolute atomic E-state index is 12.2. The van der Waals surface area contributed by atoms with Crippen molar-refractivity contribution in [1.82, 2.24) is 9.62 Å². The van der Waals surface area contributed by atoms with Crippen LogP contribution in [0.3, 0.4) is 0 Å². The zero-order valence-electron chi connectivity index (χ0n) is 12.2. The molecule has 0 unspecified atom stereocenters. The number of nitrogens with zero attached hydrogens (tertiary/aromatic N) is 1. The highest BCUT2D eigenvalue weighted by Crippen LogP contribution is 2.22. The van der Waals surface area contributed by atoms with E-state index in [0.717, 1.165) is 13.1 Å². The molecule has 114 valence electrons. The van der Waals surface area contributed by atoms with Crippen molar-refractivity contribution < 1.29 is 13.2 Å². The van der Waals surface area contributed by atoms with Crippen molar-refractivity contribution in [2.24, 2.45) is 0 Å². The molecule has 7 heteroatoms. The van der Waals surface area contributed by atoms with Gasteiger partial charge in [-0.3, -0.25) is 0 Å². The molecule has 0 heterocycles. The van der Waals surface area contributed by atoms with Gasteiger partial charge in [-0.1, -0.05) is 12.1 Å². The van der Waals surface area contributed by atoms with Crippen LogP contribution in [0, 0.1) is 0 Å². The van der Waals surface area contributed by atoms with E-state index in [0.29, 0.717) is 23.7 Å². The van der Waals surface area contributed by atoms with E-state index in [9.17, 15) is 8.42 Å². The van der Waals surface area contributed by atoms with E-state index in [4.69, 9.17) is 4.74 Å². The van der Waals surface area contributed by atoms with E-state index in [-0.39, 0.29) is 0 Å². The Labute approximate surface area is 121 Å². The third kappa shape index (κ3) is 4.75. The smallest absolute Gasteiger partial charge is 0.244 e. The highest BCUT2D eigenvalue weighted by atomic mass is 32.2. The largest absolute Gasteiger partial charge is 0.383 e. The quantitative estimate of drug-likeness (QED) is 0.653. The van der Waals surface area contributed by atoms with Gasteiger partial charge in [0.15, 0.2) is 0 Å². The molecule has 0 aliphatic carbocycles. The fourth-order valence-electron chi connectivity index (χ4n) is 1.62. The number of rotatable bonds is 9. The molecule has 0 saturated carbocycles. The highest BCUT2D eigenvalue weighted by molar-refractivity contribution is 7.89. The topological polar surface area (TPSA) is 70.7 Å². The second-order valence-corrected chi connectivity index (χ2v) is 6.57. The number of benzene rings is 1. The number of anilines is 1. The Morgan fingerprint density at radius 2 is 1.85 bits per heavy atom. The van der Waals surface area contributed by atoms with Crippen molar-refractivity contribution in [2.45, 2.75) is 4.90 Å². The number of sulfonamides is 1. The van der Waals surface area contributed by atoms with Crippen LogP contribution < -0.4 is 10.6 Å². The molecular weight excluding hydrogens is 278 g/mol. The van der Waals surface area contributed by atoms with Crippen LogP contribution >= 0.6 is 0 Å². The number of hydrogen-bond donors (Lipinski definition) is 2. The lowest BCUT2D eigenvalue weighted by Crippen LogP contribution is -2.27. The summed E-state index contributed by atoms with van der Waals surface area (Å²) in [4.78, 5) is 0.293. The third-order valence-electron chi connectivity index (χ3n) is 2.75. The lowest BCUT2D eigenvalue weighted by Gasteiger charge is -2.16. The number of hydrogen-bond acceptors (Lipinski definition) is 5. The molecule has 1 aromatic rings. The molecule has 1 aromatic carbocycles. The van der Waals surface area contributed by atoms with E-state index in [1.165, 1.54) is 18.4 Å². The zero-order valence-corrected chi connectivity index (χ0v) is 13.0. The summed E-state index contributed by atoms with van der Waals surface area (Å²) in [5.41, 5.74) is 0.620. The van der Waals surface area contributed by atoms with Crippen LogP contribution in [0.1, 0.15) is 0 Å². The van der Waals surface area contributed by atoms with Crippen molar-refractivity contribution in [2.75, 3.05) is 52.8 Å².